The van der Waals surface area contributed by atoms with E-state index in [1.807, 2.05) is 6.20 Å². The first-order chi connectivity index (χ1) is 10.3. The number of hydrogen-bond acceptors (Lipinski definition) is 2. The molecule has 4 rings (SSSR count). The summed E-state index contributed by atoms with van der Waals surface area (Å²) in [6.45, 7) is 2.23. The van der Waals surface area contributed by atoms with Crippen molar-refractivity contribution < 1.29 is 0 Å². The summed E-state index contributed by atoms with van der Waals surface area (Å²) in [5, 5.41) is 0. The lowest BCUT2D eigenvalue weighted by Crippen LogP contribution is -2.12. The third-order valence-electron chi connectivity index (χ3n) is 4.69. The largest absolute Gasteiger partial charge is 0.302 e. The van der Waals surface area contributed by atoms with Crippen LogP contribution in [0.5, 0.6) is 0 Å². The molecule has 0 N–H and O–H groups in total. The number of likely N-dealkylation sites (N-methyl/N-ethyl adjacent to an activating group) is 1. The molecule has 1 aliphatic carbocycles. The molecule has 21 heavy (non-hydrogen) atoms. The zero-order chi connectivity index (χ0) is 14.2. The van der Waals surface area contributed by atoms with Gasteiger partial charge < -0.3 is 4.90 Å². The van der Waals surface area contributed by atoms with Gasteiger partial charge >= 0.3 is 0 Å². The maximum Gasteiger partial charge on any atom is 0.0740 e. The van der Waals surface area contributed by atoms with Gasteiger partial charge in [-0.15, -0.1) is 0 Å². The van der Waals surface area contributed by atoms with E-state index in [-0.39, 0.29) is 0 Å². The SMILES string of the molecule is CN1CC/C(=C2/c3ccccc3CCc3cccnc32)C1. The van der Waals surface area contributed by atoms with E-state index in [0.29, 0.717) is 0 Å². The summed E-state index contributed by atoms with van der Waals surface area (Å²) in [5.41, 5.74) is 8.43. The van der Waals surface area contributed by atoms with Gasteiger partial charge in [0.05, 0.1) is 5.69 Å². The van der Waals surface area contributed by atoms with Gasteiger partial charge in [0.25, 0.3) is 0 Å². The molecule has 1 fully saturated rings. The van der Waals surface area contributed by atoms with Crippen LogP contribution in [0.15, 0.2) is 48.2 Å². The van der Waals surface area contributed by atoms with Crippen LogP contribution in [0.4, 0.5) is 0 Å². The monoisotopic (exact) mass is 276 g/mol. The standard InChI is InChI=1S/C19H20N2/c1-21-12-10-16(13-21)18-17-7-3-2-5-14(17)8-9-15-6-4-11-20-19(15)18/h2-7,11H,8-10,12-13H2,1H3/b18-16+. The number of likely N-dealkylation sites (tertiary alicyclic amines) is 1. The quantitative estimate of drug-likeness (QED) is 0.734. The van der Waals surface area contributed by atoms with E-state index in [4.69, 9.17) is 4.98 Å². The van der Waals surface area contributed by atoms with Crippen molar-refractivity contribution in [3.8, 4) is 0 Å². The lowest BCUT2D eigenvalue weighted by Gasteiger charge is -2.14. The predicted octanol–water partition coefficient (Wildman–Crippen LogP) is 3.32. The average molecular weight is 276 g/mol. The van der Waals surface area contributed by atoms with Crippen LogP contribution < -0.4 is 0 Å². The number of aromatic nitrogens is 1. The van der Waals surface area contributed by atoms with Crippen LogP contribution >= 0.6 is 0 Å². The van der Waals surface area contributed by atoms with Crippen LogP contribution in [0.2, 0.25) is 0 Å². The number of hydrogen-bond donors (Lipinski definition) is 0. The molecule has 2 heterocycles. The zero-order valence-electron chi connectivity index (χ0n) is 12.5. The van der Waals surface area contributed by atoms with E-state index in [1.54, 1.807) is 5.57 Å². The van der Waals surface area contributed by atoms with Crippen molar-refractivity contribution in [1.29, 1.82) is 0 Å². The molecule has 0 saturated carbocycles. The van der Waals surface area contributed by atoms with Gasteiger partial charge in [-0.2, -0.15) is 0 Å². The van der Waals surface area contributed by atoms with Gasteiger partial charge in [-0.3, -0.25) is 4.98 Å². The number of benzene rings is 1. The van der Waals surface area contributed by atoms with Crippen molar-refractivity contribution in [2.45, 2.75) is 19.3 Å². The zero-order valence-corrected chi connectivity index (χ0v) is 12.5. The highest BCUT2D eigenvalue weighted by molar-refractivity contribution is 5.84. The lowest BCUT2D eigenvalue weighted by molar-refractivity contribution is 0.425. The van der Waals surface area contributed by atoms with Crippen LogP contribution in [-0.4, -0.2) is 30.0 Å². The summed E-state index contributed by atoms with van der Waals surface area (Å²) in [6, 6.07) is 13.2. The molecule has 2 nitrogen and oxygen atoms in total. The maximum absolute atomic E-state index is 4.75. The highest BCUT2D eigenvalue weighted by atomic mass is 15.1. The molecule has 0 bridgehead atoms. The molecule has 1 aromatic carbocycles. The number of aryl methyl sites for hydroxylation is 2. The van der Waals surface area contributed by atoms with Gasteiger partial charge in [-0.25, -0.2) is 0 Å². The van der Waals surface area contributed by atoms with E-state index in [0.717, 1.165) is 32.4 Å². The van der Waals surface area contributed by atoms with Gasteiger partial charge in [0, 0.05) is 24.9 Å². The lowest BCUT2D eigenvalue weighted by atomic mass is 9.92. The third kappa shape index (κ3) is 2.20. The fourth-order valence-electron chi connectivity index (χ4n) is 3.62. The number of rotatable bonds is 0. The minimum absolute atomic E-state index is 1.07. The summed E-state index contributed by atoms with van der Waals surface area (Å²) < 4.78 is 0. The van der Waals surface area contributed by atoms with Gasteiger partial charge in [-0.05, 0) is 54.6 Å². The van der Waals surface area contributed by atoms with E-state index >= 15 is 0 Å². The molecule has 106 valence electrons. The van der Waals surface area contributed by atoms with Gasteiger partial charge in [-0.1, -0.05) is 30.3 Å². The van der Waals surface area contributed by atoms with Crippen LogP contribution in [0.25, 0.3) is 5.57 Å². The van der Waals surface area contributed by atoms with E-state index < -0.39 is 0 Å². The van der Waals surface area contributed by atoms with Gasteiger partial charge in [0.15, 0.2) is 0 Å². The summed E-state index contributed by atoms with van der Waals surface area (Å²) in [6.07, 6.45) is 5.30. The summed E-state index contributed by atoms with van der Waals surface area (Å²) in [4.78, 5) is 7.15. The molecule has 1 aliphatic heterocycles. The number of pyridine rings is 1. The highest BCUT2D eigenvalue weighted by Crippen LogP contribution is 2.36. The summed E-state index contributed by atoms with van der Waals surface area (Å²) >= 11 is 0. The molecule has 2 heteroatoms. The molecule has 0 spiro atoms. The Hall–Kier alpha value is -1.93. The average Bonchev–Trinajstić information content (AvgIpc) is 2.86. The second-order valence-electron chi connectivity index (χ2n) is 6.13. The van der Waals surface area contributed by atoms with Crippen molar-refractivity contribution in [3.05, 3.63) is 70.6 Å². The van der Waals surface area contributed by atoms with Crippen LogP contribution in [0.1, 0.15) is 28.8 Å². The van der Waals surface area contributed by atoms with E-state index in [9.17, 15) is 0 Å². The molecular weight excluding hydrogens is 256 g/mol. The van der Waals surface area contributed by atoms with Gasteiger partial charge in [0.1, 0.15) is 0 Å². The minimum atomic E-state index is 1.07. The molecular formula is C19H20N2. The fourth-order valence-corrected chi connectivity index (χ4v) is 3.62. The fraction of sp³-hybridized carbons (Fsp3) is 0.316. The first kappa shape index (κ1) is 12.8. The van der Waals surface area contributed by atoms with Crippen LogP contribution in [0.3, 0.4) is 0 Å². The first-order valence-corrected chi connectivity index (χ1v) is 7.76. The Labute approximate surface area is 126 Å². The Morgan fingerprint density at radius 2 is 1.76 bits per heavy atom. The molecule has 2 aromatic rings. The van der Waals surface area contributed by atoms with Crippen molar-refractivity contribution in [2.75, 3.05) is 20.1 Å². The summed E-state index contributed by atoms with van der Waals surface area (Å²) in [7, 11) is 2.20. The molecule has 1 saturated heterocycles. The normalized spacial score (nSPS) is 21.8. The molecule has 0 unspecified atom stereocenters. The van der Waals surface area contributed by atoms with Crippen molar-refractivity contribution in [1.82, 2.24) is 9.88 Å². The van der Waals surface area contributed by atoms with E-state index in [2.05, 4.69) is 48.3 Å². The topological polar surface area (TPSA) is 16.1 Å². The second kappa shape index (κ2) is 5.12. The predicted molar refractivity (Wildman–Crippen MR) is 86.2 cm³/mol. The minimum Gasteiger partial charge on any atom is -0.302 e. The molecule has 1 aromatic heterocycles. The Morgan fingerprint density at radius 1 is 0.952 bits per heavy atom. The van der Waals surface area contributed by atoms with Gasteiger partial charge in [0.2, 0.25) is 0 Å². The smallest absolute Gasteiger partial charge is 0.0740 e. The Morgan fingerprint density at radius 3 is 2.62 bits per heavy atom. The Balaban J connectivity index is 1.99. The first-order valence-electron chi connectivity index (χ1n) is 7.76. The van der Waals surface area contributed by atoms with Crippen molar-refractivity contribution in [3.63, 3.8) is 0 Å². The molecule has 0 radical (unpaired) electrons. The van der Waals surface area contributed by atoms with E-state index in [1.165, 1.54) is 28.0 Å². The van der Waals surface area contributed by atoms with Crippen LogP contribution in [-0.2, 0) is 12.8 Å². The summed E-state index contributed by atoms with van der Waals surface area (Å²) in [5.74, 6) is 0. The second-order valence-corrected chi connectivity index (χ2v) is 6.13. The maximum atomic E-state index is 4.75. The number of nitrogens with zero attached hydrogens (tertiary/aromatic N) is 2. The van der Waals surface area contributed by atoms with Crippen molar-refractivity contribution in [2.24, 2.45) is 0 Å². The van der Waals surface area contributed by atoms with Crippen molar-refractivity contribution >= 4 is 5.57 Å². The van der Waals surface area contributed by atoms with Crippen LogP contribution in [0, 0.1) is 0 Å². The third-order valence-corrected chi connectivity index (χ3v) is 4.69. The highest BCUT2D eigenvalue weighted by Gasteiger charge is 2.24. The number of fused-ring (bicyclic) bond motifs is 2. The Bertz CT molecular complexity index is 666. The molecule has 0 amide bonds. The molecule has 0 atom stereocenters. The molecule has 2 aliphatic rings. The Kier molecular flexibility index (Phi) is 3.12.